The molecule has 1 aromatic heterocycles. The molecule has 2 unspecified atom stereocenters. The minimum atomic E-state index is -0.00301. The standard InChI is InChI=1S/C14H25N5O/c1-6-19-13(12(15)11(4)16-19)14(20)18-7-9(2)17(5)10(3)8-18/h9-10H,6-8,15H2,1-5H3. The predicted molar refractivity (Wildman–Crippen MR) is 79.6 cm³/mol. The topological polar surface area (TPSA) is 67.4 Å². The van der Waals surface area contributed by atoms with Crippen LogP contribution in [0.3, 0.4) is 0 Å². The number of carbonyl (C=O) groups excluding carboxylic acids is 1. The Labute approximate surface area is 120 Å². The van der Waals surface area contributed by atoms with Crippen LogP contribution in [0.1, 0.15) is 37.0 Å². The van der Waals surface area contributed by atoms with E-state index in [1.165, 1.54) is 0 Å². The Bertz CT molecular complexity index is 498. The number of nitrogens with two attached hydrogens (primary N) is 1. The van der Waals surface area contributed by atoms with E-state index in [2.05, 4.69) is 30.9 Å². The van der Waals surface area contributed by atoms with Crippen LogP contribution in [0.5, 0.6) is 0 Å². The van der Waals surface area contributed by atoms with Crippen LogP contribution in [0.2, 0.25) is 0 Å². The quantitative estimate of drug-likeness (QED) is 0.875. The van der Waals surface area contributed by atoms with Gasteiger partial charge in [-0.2, -0.15) is 5.10 Å². The molecule has 112 valence electrons. The van der Waals surface area contributed by atoms with Crippen molar-refractivity contribution in [3.8, 4) is 0 Å². The van der Waals surface area contributed by atoms with Crippen LogP contribution < -0.4 is 5.73 Å². The van der Waals surface area contributed by atoms with E-state index in [4.69, 9.17) is 5.73 Å². The van der Waals surface area contributed by atoms with Crippen molar-refractivity contribution in [3.63, 3.8) is 0 Å². The highest BCUT2D eigenvalue weighted by molar-refractivity contribution is 5.98. The molecule has 2 rings (SSSR count). The van der Waals surface area contributed by atoms with Gasteiger partial charge < -0.3 is 10.6 Å². The first kappa shape index (κ1) is 14.8. The van der Waals surface area contributed by atoms with Gasteiger partial charge in [-0.15, -0.1) is 0 Å². The fraction of sp³-hybridized carbons (Fsp3) is 0.714. The van der Waals surface area contributed by atoms with Crippen LogP contribution in [-0.2, 0) is 6.54 Å². The number of aryl methyl sites for hydroxylation is 2. The second-order valence-corrected chi connectivity index (χ2v) is 5.74. The van der Waals surface area contributed by atoms with Gasteiger partial charge in [-0.1, -0.05) is 0 Å². The Morgan fingerprint density at radius 2 is 1.90 bits per heavy atom. The summed E-state index contributed by atoms with van der Waals surface area (Å²) in [5, 5.41) is 4.33. The summed E-state index contributed by atoms with van der Waals surface area (Å²) in [6, 6.07) is 0.700. The van der Waals surface area contributed by atoms with Gasteiger partial charge in [0.25, 0.3) is 5.91 Å². The van der Waals surface area contributed by atoms with Crippen LogP contribution in [0.15, 0.2) is 0 Å². The molecule has 1 aliphatic rings. The average molecular weight is 279 g/mol. The number of amides is 1. The summed E-state index contributed by atoms with van der Waals surface area (Å²) in [5.74, 6) is -0.00301. The minimum Gasteiger partial charge on any atom is -0.395 e. The smallest absolute Gasteiger partial charge is 0.274 e. The van der Waals surface area contributed by atoms with Gasteiger partial charge in [-0.05, 0) is 34.7 Å². The van der Waals surface area contributed by atoms with Crippen molar-refractivity contribution in [1.29, 1.82) is 0 Å². The van der Waals surface area contributed by atoms with Crippen LogP contribution in [-0.4, -0.2) is 57.7 Å². The zero-order valence-electron chi connectivity index (χ0n) is 13.1. The molecular formula is C14H25N5O. The molecule has 0 radical (unpaired) electrons. The molecule has 6 nitrogen and oxygen atoms in total. The van der Waals surface area contributed by atoms with Crippen molar-refractivity contribution in [3.05, 3.63) is 11.4 Å². The number of nitrogens with zero attached hydrogens (tertiary/aromatic N) is 4. The number of anilines is 1. The Hall–Kier alpha value is -1.56. The second-order valence-electron chi connectivity index (χ2n) is 5.74. The van der Waals surface area contributed by atoms with Crippen molar-refractivity contribution in [2.75, 3.05) is 25.9 Å². The lowest BCUT2D eigenvalue weighted by atomic mass is 10.1. The van der Waals surface area contributed by atoms with Crippen LogP contribution >= 0.6 is 0 Å². The van der Waals surface area contributed by atoms with Crippen LogP contribution in [0.4, 0.5) is 5.69 Å². The van der Waals surface area contributed by atoms with Gasteiger partial charge >= 0.3 is 0 Å². The summed E-state index contributed by atoms with van der Waals surface area (Å²) >= 11 is 0. The number of likely N-dealkylation sites (N-methyl/N-ethyl adjacent to an activating group) is 1. The summed E-state index contributed by atoms with van der Waals surface area (Å²) in [6.07, 6.45) is 0. The van der Waals surface area contributed by atoms with E-state index in [0.29, 0.717) is 30.0 Å². The number of rotatable bonds is 2. The summed E-state index contributed by atoms with van der Waals surface area (Å²) in [7, 11) is 2.10. The Kier molecular flexibility index (Phi) is 4.04. The van der Waals surface area contributed by atoms with Crippen molar-refractivity contribution in [2.24, 2.45) is 0 Å². The summed E-state index contributed by atoms with van der Waals surface area (Å²) in [5.41, 5.74) is 7.82. The largest absolute Gasteiger partial charge is 0.395 e. The number of carbonyl (C=O) groups is 1. The predicted octanol–water partition coefficient (Wildman–Crippen LogP) is 0.958. The number of hydrogen-bond donors (Lipinski definition) is 1. The molecule has 2 heterocycles. The van der Waals surface area contributed by atoms with Gasteiger partial charge in [0.2, 0.25) is 0 Å². The van der Waals surface area contributed by atoms with Crippen molar-refractivity contribution in [2.45, 2.75) is 46.3 Å². The Balaban J connectivity index is 2.28. The maximum Gasteiger partial charge on any atom is 0.274 e. The molecule has 2 N–H and O–H groups in total. The molecule has 0 aliphatic carbocycles. The zero-order chi connectivity index (χ0) is 15.0. The zero-order valence-corrected chi connectivity index (χ0v) is 13.1. The maximum absolute atomic E-state index is 12.8. The highest BCUT2D eigenvalue weighted by Gasteiger charge is 2.32. The van der Waals surface area contributed by atoms with Gasteiger partial charge in [-0.3, -0.25) is 14.4 Å². The lowest BCUT2D eigenvalue weighted by Gasteiger charge is -2.42. The minimum absolute atomic E-state index is 0.00301. The molecule has 1 saturated heterocycles. The molecular weight excluding hydrogens is 254 g/mol. The first-order valence-corrected chi connectivity index (χ1v) is 7.20. The van der Waals surface area contributed by atoms with Gasteiger partial charge in [0, 0.05) is 31.7 Å². The van der Waals surface area contributed by atoms with Gasteiger partial charge in [0.1, 0.15) is 5.69 Å². The number of nitrogen functional groups attached to an aromatic ring is 1. The fourth-order valence-corrected chi connectivity index (χ4v) is 2.77. The molecule has 0 spiro atoms. The number of piperazine rings is 1. The normalized spacial score (nSPS) is 24.1. The molecule has 1 amide bonds. The number of aromatic nitrogens is 2. The van der Waals surface area contributed by atoms with E-state index < -0.39 is 0 Å². The van der Waals surface area contributed by atoms with E-state index in [9.17, 15) is 4.79 Å². The van der Waals surface area contributed by atoms with E-state index in [0.717, 1.165) is 18.8 Å². The second kappa shape index (κ2) is 5.44. The molecule has 1 aromatic rings. The fourth-order valence-electron chi connectivity index (χ4n) is 2.77. The van der Waals surface area contributed by atoms with Gasteiger partial charge in [-0.25, -0.2) is 0 Å². The molecule has 0 saturated carbocycles. The lowest BCUT2D eigenvalue weighted by Crippen LogP contribution is -2.56. The summed E-state index contributed by atoms with van der Waals surface area (Å²) in [6.45, 7) is 10.2. The number of hydrogen-bond acceptors (Lipinski definition) is 4. The maximum atomic E-state index is 12.8. The third-order valence-corrected chi connectivity index (χ3v) is 4.32. The van der Waals surface area contributed by atoms with E-state index in [-0.39, 0.29) is 5.91 Å². The third kappa shape index (κ3) is 2.40. The molecule has 20 heavy (non-hydrogen) atoms. The SMILES string of the molecule is CCn1nc(C)c(N)c1C(=O)N1CC(C)N(C)C(C)C1. The molecule has 0 aromatic carbocycles. The average Bonchev–Trinajstić information content (AvgIpc) is 2.70. The van der Waals surface area contributed by atoms with Gasteiger partial charge in [0.15, 0.2) is 0 Å². The van der Waals surface area contributed by atoms with Crippen molar-refractivity contribution in [1.82, 2.24) is 19.6 Å². The Morgan fingerprint density at radius 1 is 1.35 bits per heavy atom. The molecule has 1 aliphatic heterocycles. The molecule has 6 heteroatoms. The van der Waals surface area contributed by atoms with Crippen LogP contribution in [0.25, 0.3) is 0 Å². The van der Waals surface area contributed by atoms with E-state index in [1.54, 1.807) is 4.68 Å². The monoisotopic (exact) mass is 279 g/mol. The van der Waals surface area contributed by atoms with E-state index >= 15 is 0 Å². The summed E-state index contributed by atoms with van der Waals surface area (Å²) < 4.78 is 1.71. The van der Waals surface area contributed by atoms with E-state index in [1.807, 2.05) is 18.7 Å². The summed E-state index contributed by atoms with van der Waals surface area (Å²) in [4.78, 5) is 17.0. The first-order chi connectivity index (χ1) is 9.36. The van der Waals surface area contributed by atoms with Crippen molar-refractivity contribution < 1.29 is 4.79 Å². The highest BCUT2D eigenvalue weighted by Crippen LogP contribution is 2.21. The molecule has 0 bridgehead atoms. The van der Waals surface area contributed by atoms with Crippen LogP contribution in [0, 0.1) is 6.92 Å². The highest BCUT2D eigenvalue weighted by atomic mass is 16.2. The first-order valence-electron chi connectivity index (χ1n) is 7.20. The lowest BCUT2D eigenvalue weighted by molar-refractivity contribution is 0.0405. The molecule has 2 atom stereocenters. The molecule has 1 fully saturated rings. The van der Waals surface area contributed by atoms with Crippen molar-refractivity contribution >= 4 is 11.6 Å². The van der Waals surface area contributed by atoms with Gasteiger partial charge in [0.05, 0.1) is 11.4 Å². The Morgan fingerprint density at radius 3 is 2.40 bits per heavy atom. The third-order valence-electron chi connectivity index (χ3n) is 4.32.